The summed E-state index contributed by atoms with van der Waals surface area (Å²) in [4.78, 5) is 2.33. The molecule has 1 atom stereocenters. The fourth-order valence-electron chi connectivity index (χ4n) is 3.90. The maximum absolute atomic E-state index is 10.6. The van der Waals surface area contributed by atoms with Crippen molar-refractivity contribution in [3.8, 4) is 5.75 Å². The van der Waals surface area contributed by atoms with E-state index in [9.17, 15) is 5.11 Å². The predicted molar refractivity (Wildman–Crippen MR) is 90.5 cm³/mol. The Morgan fingerprint density at radius 1 is 1.09 bits per heavy atom. The van der Waals surface area contributed by atoms with E-state index in [0.29, 0.717) is 6.54 Å². The number of aryl methyl sites for hydroxylation is 2. The van der Waals surface area contributed by atoms with Gasteiger partial charge in [0.05, 0.1) is 13.2 Å². The molecule has 120 valence electrons. The zero-order valence-electron chi connectivity index (χ0n) is 13.6. The molecular formula is C20H23NO2. The molecule has 1 aliphatic heterocycles. The highest BCUT2D eigenvalue weighted by atomic mass is 16.5. The van der Waals surface area contributed by atoms with E-state index in [4.69, 9.17) is 4.74 Å². The quantitative estimate of drug-likeness (QED) is 0.945. The summed E-state index contributed by atoms with van der Waals surface area (Å²) in [5.41, 5.74) is 6.64. The van der Waals surface area contributed by atoms with Crippen LogP contribution in [0.15, 0.2) is 36.4 Å². The molecule has 0 aromatic heterocycles. The Morgan fingerprint density at radius 2 is 1.83 bits per heavy atom. The molecule has 0 radical (unpaired) electrons. The zero-order chi connectivity index (χ0) is 15.8. The molecule has 0 amide bonds. The van der Waals surface area contributed by atoms with Crippen molar-refractivity contribution in [2.75, 3.05) is 13.7 Å². The first-order chi connectivity index (χ1) is 11.2. The summed E-state index contributed by atoms with van der Waals surface area (Å²) < 4.78 is 5.21. The SMILES string of the molecule is COc1ccc(CN2Cc3cc4c(cc3[C@H](O)C2)CCC4)cc1. The number of benzene rings is 2. The number of aliphatic hydroxyl groups is 1. The molecule has 0 saturated heterocycles. The van der Waals surface area contributed by atoms with E-state index in [0.717, 1.165) is 24.4 Å². The molecule has 0 spiro atoms. The minimum Gasteiger partial charge on any atom is -0.497 e. The molecule has 1 heterocycles. The van der Waals surface area contributed by atoms with Crippen LogP contribution in [0.5, 0.6) is 5.75 Å². The van der Waals surface area contributed by atoms with Crippen LogP contribution in [-0.4, -0.2) is 23.7 Å². The molecule has 0 bridgehead atoms. The average molecular weight is 309 g/mol. The van der Waals surface area contributed by atoms with Crippen LogP contribution in [0.3, 0.4) is 0 Å². The minimum atomic E-state index is -0.372. The average Bonchev–Trinajstić information content (AvgIpc) is 3.01. The molecule has 2 aliphatic rings. The van der Waals surface area contributed by atoms with Crippen LogP contribution >= 0.6 is 0 Å². The number of aliphatic hydroxyl groups excluding tert-OH is 1. The van der Waals surface area contributed by atoms with Gasteiger partial charge in [-0.1, -0.05) is 24.3 Å². The molecule has 4 rings (SSSR count). The van der Waals surface area contributed by atoms with Crippen molar-refractivity contribution < 1.29 is 9.84 Å². The van der Waals surface area contributed by atoms with Gasteiger partial charge in [-0.25, -0.2) is 0 Å². The number of fused-ring (bicyclic) bond motifs is 2. The normalized spacial score (nSPS) is 20.2. The van der Waals surface area contributed by atoms with Crippen molar-refractivity contribution in [2.45, 2.75) is 38.5 Å². The van der Waals surface area contributed by atoms with E-state index in [1.54, 1.807) is 7.11 Å². The highest BCUT2D eigenvalue weighted by Crippen LogP contribution is 2.33. The summed E-state index contributed by atoms with van der Waals surface area (Å²) in [5, 5.41) is 10.6. The number of ether oxygens (including phenoxy) is 1. The second kappa shape index (κ2) is 5.99. The van der Waals surface area contributed by atoms with Crippen LogP contribution in [0.2, 0.25) is 0 Å². The third-order valence-electron chi connectivity index (χ3n) is 5.10. The standard InChI is InChI=1S/C20H23NO2/c1-23-18-7-5-14(6-8-18)11-21-12-17-9-15-3-2-4-16(15)10-19(17)20(22)13-21/h5-10,20,22H,2-4,11-13H2,1H3/t20-/m1/s1. The van der Waals surface area contributed by atoms with Gasteiger partial charge in [0.25, 0.3) is 0 Å². The van der Waals surface area contributed by atoms with Crippen LogP contribution in [0, 0.1) is 0 Å². The van der Waals surface area contributed by atoms with Crippen molar-refractivity contribution in [3.05, 3.63) is 64.2 Å². The van der Waals surface area contributed by atoms with Gasteiger partial charge < -0.3 is 9.84 Å². The first-order valence-electron chi connectivity index (χ1n) is 8.41. The van der Waals surface area contributed by atoms with Gasteiger partial charge in [-0.15, -0.1) is 0 Å². The van der Waals surface area contributed by atoms with Gasteiger partial charge in [-0.3, -0.25) is 4.90 Å². The molecule has 0 unspecified atom stereocenters. The smallest absolute Gasteiger partial charge is 0.118 e. The van der Waals surface area contributed by atoms with Gasteiger partial charge in [-0.05, 0) is 59.2 Å². The Labute approximate surface area is 137 Å². The Hall–Kier alpha value is -1.84. The number of hydrogen-bond donors (Lipinski definition) is 1. The fourth-order valence-corrected chi connectivity index (χ4v) is 3.90. The molecule has 3 nitrogen and oxygen atoms in total. The lowest BCUT2D eigenvalue weighted by atomic mass is 9.92. The zero-order valence-corrected chi connectivity index (χ0v) is 13.6. The van der Waals surface area contributed by atoms with Crippen molar-refractivity contribution in [1.82, 2.24) is 4.90 Å². The van der Waals surface area contributed by atoms with E-state index in [-0.39, 0.29) is 6.10 Å². The molecule has 2 aromatic rings. The third-order valence-corrected chi connectivity index (χ3v) is 5.10. The van der Waals surface area contributed by atoms with Gasteiger partial charge >= 0.3 is 0 Å². The summed E-state index contributed by atoms with van der Waals surface area (Å²) in [6.45, 7) is 2.49. The molecule has 1 N–H and O–H groups in total. The molecule has 2 aromatic carbocycles. The Morgan fingerprint density at radius 3 is 2.57 bits per heavy atom. The van der Waals surface area contributed by atoms with Crippen LogP contribution < -0.4 is 4.74 Å². The van der Waals surface area contributed by atoms with E-state index < -0.39 is 0 Å². The van der Waals surface area contributed by atoms with Gasteiger partial charge in [0.15, 0.2) is 0 Å². The van der Waals surface area contributed by atoms with Crippen molar-refractivity contribution in [3.63, 3.8) is 0 Å². The van der Waals surface area contributed by atoms with E-state index in [1.807, 2.05) is 12.1 Å². The van der Waals surface area contributed by atoms with Gasteiger partial charge in [0.1, 0.15) is 5.75 Å². The molecule has 1 aliphatic carbocycles. The monoisotopic (exact) mass is 309 g/mol. The second-order valence-corrected chi connectivity index (χ2v) is 6.71. The van der Waals surface area contributed by atoms with Gasteiger partial charge in [-0.2, -0.15) is 0 Å². The van der Waals surface area contributed by atoms with E-state index >= 15 is 0 Å². The lowest BCUT2D eigenvalue weighted by molar-refractivity contribution is 0.0881. The number of methoxy groups -OCH3 is 1. The largest absolute Gasteiger partial charge is 0.497 e. The first kappa shape index (κ1) is 14.7. The number of β-amino-alcohol motifs (C(OH)–C–C–N with tert-alkyl or cyclic N) is 1. The molecule has 3 heteroatoms. The highest BCUT2D eigenvalue weighted by Gasteiger charge is 2.26. The van der Waals surface area contributed by atoms with Gasteiger partial charge in [0.2, 0.25) is 0 Å². The summed E-state index contributed by atoms with van der Waals surface area (Å²) in [6, 6.07) is 12.8. The Kier molecular flexibility index (Phi) is 3.83. The Balaban J connectivity index is 1.54. The van der Waals surface area contributed by atoms with Crippen molar-refractivity contribution in [2.24, 2.45) is 0 Å². The lowest BCUT2D eigenvalue weighted by Gasteiger charge is -2.33. The van der Waals surface area contributed by atoms with E-state index in [1.165, 1.54) is 41.5 Å². The summed E-state index contributed by atoms with van der Waals surface area (Å²) >= 11 is 0. The number of hydrogen-bond acceptors (Lipinski definition) is 3. The number of nitrogens with zero attached hydrogens (tertiary/aromatic N) is 1. The van der Waals surface area contributed by atoms with Crippen LogP contribution in [0.1, 0.15) is 40.3 Å². The Bertz CT molecular complexity index is 708. The lowest BCUT2D eigenvalue weighted by Crippen LogP contribution is -2.33. The van der Waals surface area contributed by atoms with Crippen LogP contribution in [-0.2, 0) is 25.9 Å². The topological polar surface area (TPSA) is 32.7 Å². The van der Waals surface area contributed by atoms with Crippen LogP contribution in [0.25, 0.3) is 0 Å². The minimum absolute atomic E-state index is 0.372. The number of rotatable bonds is 3. The second-order valence-electron chi connectivity index (χ2n) is 6.71. The summed E-state index contributed by atoms with van der Waals surface area (Å²) in [5.74, 6) is 0.883. The predicted octanol–water partition coefficient (Wildman–Crippen LogP) is 3.23. The van der Waals surface area contributed by atoms with E-state index in [2.05, 4.69) is 29.2 Å². The molecule has 0 saturated carbocycles. The summed E-state index contributed by atoms with van der Waals surface area (Å²) in [6.07, 6.45) is 3.24. The molecular weight excluding hydrogens is 286 g/mol. The first-order valence-corrected chi connectivity index (χ1v) is 8.41. The maximum Gasteiger partial charge on any atom is 0.118 e. The maximum atomic E-state index is 10.6. The van der Waals surface area contributed by atoms with Crippen molar-refractivity contribution in [1.29, 1.82) is 0 Å². The van der Waals surface area contributed by atoms with Gasteiger partial charge in [0, 0.05) is 19.6 Å². The fraction of sp³-hybridized carbons (Fsp3) is 0.400. The molecule has 0 fully saturated rings. The van der Waals surface area contributed by atoms with Crippen LogP contribution in [0.4, 0.5) is 0 Å². The third kappa shape index (κ3) is 2.87. The highest BCUT2D eigenvalue weighted by molar-refractivity contribution is 5.43. The molecule has 23 heavy (non-hydrogen) atoms. The van der Waals surface area contributed by atoms with Crippen molar-refractivity contribution >= 4 is 0 Å². The summed E-state index contributed by atoms with van der Waals surface area (Å²) in [7, 11) is 1.69.